The van der Waals surface area contributed by atoms with Gasteiger partial charge in [0.15, 0.2) is 6.23 Å². The summed E-state index contributed by atoms with van der Waals surface area (Å²) in [6.45, 7) is 11.6. The molecule has 220 valence electrons. The van der Waals surface area contributed by atoms with Gasteiger partial charge in [0, 0.05) is 6.20 Å². The van der Waals surface area contributed by atoms with E-state index in [1.54, 1.807) is 26.0 Å². The van der Waals surface area contributed by atoms with Gasteiger partial charge in [0.05, 0.1) is 19.3 Å². The summed E-state index contributed by atoms with van der Waals surface area (Å²) in [6, 6.07) is 2.25. The summed E-state index contributed by atoms with van der Waals surface area (Å²) in [5.41, 5.74) is 3.74. The zero-order valence-corrected chi connectivity index (χ0v) is 24.3. The Balaban J connectivity index is 2.34. The second kappa shape index (κ2) is 14.4. The number of nitrogen functional groups attached to an aromatic ring is 1. The summed E-state index contributed by atoms with van der Waals surface area (Å²) in [5.74, 6) is -0.573. The molecule has 0 saturated carbocycles. The van der Waals surface area contributed by atoms with Gasteiger partial charge in [0.2, 0.25) is 0 Å². The van der Waals surface area contributed by atoms with Gasteiger partial charge in [-0.15, -0.1) is 0 Å². The van der Waals surface area contributed by atoms with E-state index in [1.807, 2.05) is 13.0 Å². The monoisotopic (exact) mass is 579 g/mol. The first kappa shape index (κ1) is 32.9. The highest BCUT2D eigenvalue weighted by Gasteiger charge is 2.55. The van der Waals surface area contributed by atoms with E-state index in [0.717, 1.165) is 11.0 Å². The zero-order valence-electron chi connectivity index (χ0n) is 23.4. The summed E-state index contributed by atoms with van der Waals surface area (Å²) in [6.07, 6.45) is 3.61. The van der Waals surface area contributed by atoms with Crippen molar-refractivity contribution in [2.24, 2.45) is 5.41 Å². The summed E-state index contributed by atoms with van der Waals surface area (Å²) in [4.78, 5) is 28.6. The number of anilines is 1. The van der Waals surface area contributed by atoms with Crippen LogP contribution in [0, 0.1) is 16.7 Å². The van der Waals surface area contributed by atoms with E-state index in [0.29, 0.717) is 12.0 Å². The summed E-state index contributed by atoms with van der Waals surface area (Å²) >= 11 is 0. The number of carbonyl (C=O) groups excluding carboxylic acids is 1. The lowest BCUT2D eigenvalue weighted by Crippen LogP contribution is -2.40. The van der Waals surface area contributed by atoms with Crippen molar-refractivity contribution in [1.29, 1.82) is 5.26 Å². The van der Waals surface area contributed by atoms with E-state index in [4.69, 9.17) is 24.3 Å². The number of aliphatic hydroxyl groups is 1. The van der Waals surface area contributed by atoms with Crippen LogP contribution in [0.5, 0.6) is 0 Å². The number of hydrogen-bond donors (Lipinski definition) is 3. The molecule has 1 aromatic rings. The van der Waals surface area contributed by atoms with Crippen molar-refractivity contribution in [1.82, 2.24) is 14.6 Å². The Morgan fingerprint density at radius 1 is 1.52 bits per heavy atom. The fraction of sp³-hybridized carbons (Fsp3) is 0.538. The molecule has 1 aromatic heterocycles. The second-order valence-corrected chi connectivity index (χ2v) is 11.1. The molecule has 13 nitrogen and oxygen atoms in total. The quantitative estimate of drug-likeness (QED) is 0.0962. The number of aromatic nitrogens is 2. The molecule has 1 aliphatic heterocycles. The molecule has 1 saturated heterocycles. The Labute approximate surface area is 233 Å². The molecule has 40 heavy (non-hydrogen) atoms. The Bertz CT molecular complexity index is 1270. The van der Waals surface area contributed by atoms with Gasteiger partial charge in [0.1, 0.15) is 35.2 Å². The molecule has 6 atom stereocenters. The maximum absolute atomic E-state index is 13.9. The predicted molar refractivity (Wildman–Crippen MR) is 147 cm³/mol. The number of rotatable bonds is 14. The number of nitrogens with two attached hydrogens (primary N) is 1. The normalized spacial score (nSPS) is 25.5. The molecule has 0 spiro atoms. The van der Waals surface area contributed by atoms with Crippen molar-refractivity contribution >= 4 is 19.5 Å². The standard InChI is InChI=1S/C26H38N5O8P/c1-7-10-14-36-23(33)18(5)30-40(35,39-19(9-3)17(4)11-8-2)37-15-20-22(32)26(6,16-27)24(38-20)31-13-12-21(28)29-25(31)34/h8-9,11-13,18,20,22,24,32H,3,7,10,14-15H2,1-2,4-6H3,(H,30,35)(H2,28,29,34). The van der Waals surface area contributed by atoms with Gasteiger partial charge in [-0.25, -0.2) is 9.36 Å². The summed E-state index contributed by atoms with van der Waals surface area (Å²) in [5, 5.41) is 23.5. The van der Waals surface area contributed by atoms with E-state index in [-0.39, 0.29) is 18.2 Å². The molecule has 0 radical (unpaired) electrons. The molecule has 2 rings (SSSR count). The third kappa shape index (κ3) is 7.90. The Morgan fingerprint density at radius 3 is 2.80 bits per heavy atom. The molecule has 1 fully saturated rings. The third-order valence-corrected chi connectivity index (χ3v) is 7.82. The first-order valence-corrected chi connectivity index (χ1v) is 14.3. The zero-order chi connectivity index (χ0) is 30.1. The van der Waals surface area contributed by atoms with Crippen molar-refractivity contribution in [3.63, 3.8) is 0 Å². The Hall–Kier alpha value is -3.27. The summed E-state index contributed by atoms with van der Waals surface area (Å²) < 4.78 is 37.4. The van der Waals surface area contributed by atoms with Crippen molar-refractivity contribution in [2.75, 3.05) is 18.9 Å². The lowest BCUT2D eigenvalue weighted by Gasteiger charge is -2.26. The van der Waals surface area contributed by atoms with Crippen molar-refractivity contribution in [3.05, 3.63) is 58.9 Å². The van der Waals surface area contributed by atoms with Crippen LogP contribution in [0.15, 0.2) is 53.2 Å². The Morgan fingerprint density at radius 2 is 2.23 bits per heavy atom. The van der Waals surface area contributed by atoms with Crippen LogP contribution in [0.2, 0.25) is 0 Å². The topological polar surface area (TPSA) is 188 Å². The number of nitriles is 1. The van der Waals surface area contributed by atoms with Gasteiger partial charge in [-0.2, -0.15) is 15.3 Å². The molecule has 0 bridgehead atoms. The van der Waals surface area contributed by atoms with Gasteiger partial charge in [-0.1, -0.05) is 32.1 Å². The van der Waals surface area contributed by atoms with Gasteiger partial charge < -0.3 is 24.8 Å². The molecule has 6 unspecified atom stereocenters. The van der Waals surface area contributed by atoms with Crippen LogP contribution < -0.4 is 16.5 Å². The first-order chi connectivity index (χ1) is 18.8. The number of nitrogens with zero attached hydrogens (tertiary/aromatic N) is 3. The van der Waals surface area contributed by atoms with Crippen LogP contribution in [-0.2, 0) is 27.9 Å². The van der Waals surface area contributed by atoms with E-state index in [2.05, 4.69) is 16.7 Å². The van der Waals surface area contributed by atoms with Crippen LogP contribution in [0.1, 0.15) is 53.7 Å². The van der Waals surface area contributed by atoms with Crippen LogP contribution in [0.3, 0.4) is 0 Å². The van der Waals surface area contributed by atoms with Crippen LogP contribution in [0.4, 0.5) is 5.82 Å². The van der Waals surface area contributed by atoms with E-state index in [9.17, 15) is 24.5 Å². The minimum absolute atomic E-state index is 0.0240. The van der Waals surface area contributed by atoms with Gasteiger partial charge in [-0.05, 0) is 51.8 Å². The van der Waals surface area contributed by atoms with E-state index < -0.39 is 55.9 Å². The van der Waals surface area contributed by atoms with Crippen molar-refractivity contribution in [2.45, 2.75) is 71.9 Å². The molecule has 14 heteroatoms. The molecule has 0 aromatic carbocycles. The highest BCUT2D eigenvalue weighted by molar-refractivity contribution is 7.51. The number of esters is 1. The Kier molecular flexibility index (Phi) is 11.8. The number of carbonyl (C=O) groups is 1. The average molecular weight is 580 g/mol. The average Bonchev–Trinajstić information content (AvgIpc) is 3.16. The molecule has 1 aliphatic rings. The lowest BCUT2D eigenvalue weighted by molar-refractivity contribution is -0.145. The number of ether oxygens (including phenoxy) is 2. The van der Waals surface area contributed by atoms with Crippen LogP contribution in [-0.4, -0.2) is 52.1 Å². The number of aliphatic hydroxyl groups excluding tert-OH is 1. The van der Waals surface area contributed by atoms with E-state index in [1.165, 1.54) is 32.2 Å². The van der Waals surface area contributed by atoms with Gasteiger partial charge in [0.25, 0.3) is 0 Å². The van der Waals surface area contributed by atoms with Gasteiger partial charge in [-0.3, -0.25) is 13.9 Å². The third-order valence-electron chi connectivity index (χ3n) is 6.19. The molecule has 4 N–H and O–H groups in total. The molecule has 0 amide bonds. The molecular formula is C26H38N5O8P. The highest BCUT2D eigenvalue weighted by Crippen LogP contribution is 2.50. The number of nitrogens with one attached hydrogen (secondary N) is 1. The molecule has 2 heterocycles. The fourth-order valence-corrected chi connectivity index (χ4v) is 5.43. The SMILES string of the molecule is C=CC(OP(=O)(NC(C)C(=O)OCCCC)OCC1OC(n2ccc(N)nc2=O)C(C)(C#N)C1O)=C(C)C=CC. The minimum atomic E-state index is -4.34. The smallest absolute Gasteiger partial charge is 0.459 e. The lowest BCUT2D eigenvalue weighted by atomic mass is 9.84. The fourth-order valence-electron chi connectivity index (χ4n) is 3.85. The van der Waals surface area contributed by atoms with Gasteiger partial charge >= 0.3 is 19.4 Å². The second-order valence-electron chi connectivity index (χ2n) is 9.42. The maximum atomic E-state index is 13.9. The molecular weight excluding hydrogens is 541 g/mol. The maximum Gasteiger partial charge on any atom is 0.459 e. The largest absolute Gasteiger partial charge is 0.465 e. The minimum Gasteiger partial charge on any atom is -0.465 e. The van der Waals surface area contributed by atoms with Crippen LogP contribution in [0.25, 0.3) is 0 Å². The predicted octanol–water partition coefficient (Wildman–Crippen LogP) is 3.11. The van der Waals surface area contributed by atoms with Crippen molar-refractivity contribution < 1.29 is 33.0 Å². The number of allylic oxidation sites excluding steroid dienone is 4. The van der Waals surface area contributed by atoms with Crippen molar-refractivity contribution in [3.8, 4) is 6.07 Å². The number of unbranched alkanes of at least 4 members (excludes halogenated alkanes) is 1. The van der Waals surface area contributed by atoms with E-state index >= 15 is 0 Å². The van der Waals surface area contributed by atoms with Crippen LogP contribution >= 0.6 is 7.75 Å². The molecule has 0 aliphatic carbocycles. The summed E-state index contributed by atoms with van der Waals surface area (Å²) in [7, 11) is -4.34. The first-order valence-electron chi connectivity index (χ1n) is 12.8. The number of hydrogen-bond acceptors (Lipinski definition) is 11. The highest BCUT2D eigenvalue weighted by atomic mass is 31.2.